The van der Waals surface area contributed by atoms with Gasteiger partial charge in [-0.2, -0.15) is 0 Å². The first-order valence-electron chi connectivity index (χ1n) is 8.68. The number of carbonyl (C=O) groups excluding carboxylic acids is 1. The number of benzene rings is 2. The third kappa shape index (κ3) is 4.21. The second-order valence-corrected chi connectivity index (χ2v) is 7.58. The first-order valence-corrected chi connectivity index (χ1v) is 9.56. The van der Waals surface area contributed by atoms with E-state index in [1.54, 1.807) is 30.3 Å². The normalized spacial score (nSPS) is 13.2. The third-order valence-corrected chi connectivity index (χ3v) is 5.33. The minimum absolute atomic E-state index is 0.0373. The van der Waals surface area contributed by atoms with Crippen molar-refractivity contribution >= 4 is 17.2 Å². The molecule has 0 radical (unpaired) electrons. The van der Waals surface area contributed by atoms with Crippen LogP contribution in [0.5, 0.6) is 0 Å². The van der Waals surface area contributed by atoms with Gasteiger partial charge in [0.1, 0.15) is 6.04 Å². The number of hydrogen-bond donors (Lipinski definition) is 1. The van der Waals surface area contributed by atoms with Gasteiger partial charge in [0.25, 0.3) is 0 Å². The molecule has 0 spiro atoms. The smallest absolute Gasteiger partial charge is 0.243 e. The highest BCUT2D eigenvalue weighted by molar-refractivity contribution is 7.10. The van der Waals surface area contributed by atoms with Gasteiger partial charge >= 0.3 is 0 Å². The number of thiophene rings is 1. The van der Waals surface area contributed by atoms with Crippen molar-refractivity contribution in [1.82, 2.24) is 10.2 Å². The molecule has 0 fully saturated rings. The Morgan fingerprint density at radius 1 is 0.923 bits per heavy atom. The third-order valence-electron chi connectivity index (χ3n) is 4.39. The fourth-order valence-electron chi connectivity index (χ4n) is 2.94. The summed E-state index contributed by atoms with van der Waals surface area (Å²) in [5, 5.41) is 5.68. The van der Waals surface area contributed by atoms with Crippen molar-refractivity contribution in [3.8, 4) is 0 Å². The van der Waals surface area contributed by atoms with Crippen molar-refractivity contribution in [2.24, 2.45) is 0 Å². The second kappa shape index (κ2) is 8.30. The highest BCUT2D eigenvalue weighted by Crippen LogP contribution is 2.30. The highest BCUT2D eigenvalue weighted by atomic mass is 32.1. The number of rotatable bonds is 6. The summed E-state index contributed by atoms with van der Waals surface area (Å²) in [5.41, 5.74) is 3.35. The molecule has 0 aliphatic heterocycles. The molecule has 2 aromatic carbocycles. The molecule has 1 N–H and O–H groups in total. The molecule has 0 saturated heterocycles. The molecule has 134 valence electrons. The van der Waals surface area contributed by atoms with Gasteiger partial charge in [0.2, 0.25) is 5.91 Å². The van der Waals surface area contributed by atoms with E-state index in [1.165, 1.54) is 10.4 Å². The summed E-state index contributed by atoms with van der Waals surface area (Å²) in [7, 11) is 3.60. The molecule has 1 amide bonds. The van der Waals surface area contributed by atoms with Crippen LogP contribution in [0.15, 0.2) is 72.1 Å². The molecular formula is C22H24N2OS. The summed E-state index contributed by atoms with van der Waals surface area (Å²) in [4.78, 5) is 15.7. The summed E-state index contributed by atoms with van der Waals surface area (Å²) in [5.74, 6) is 0.0462. The maximum atomic E-state index is 12.9. The molecule has 0 unspecified atom stereocenters. The average Bonchev–Trinajstić information content (AvgIpc) is 3.18. The monoisotopic (exact) mass is 364 g/mol. The van der Waals surface area contributed by atoms with Gasteiger partial charge in [0.05, 0.1) is 6.04 Å². The van der Waals surface area contributed by atoms with Crippen molar-refractivity contribution in [3.63, 3.8) is 0 Å². The van der Waals surface area contributed by atoms with E-state index in [0.717, 1.165) is 11.1 Å². The second-order valence-electron chi connectivity index (χ2n) is 6.60. The fraction of sp³-hybridized carbons (Fsp3) is 0.227. The van der Waals surface area contributed by atoms with Gasteiger partial charge in [-0.05, 0) is 29.5 Å². The molecule has 0 bridgehead atoms. The Morgan fingerprint density at radius 3 is 2.19 bits per heavy atom. The first kappa shape index (κ1) is 18.4. The van der Waals surface area contributed by atoms with Crippen LogP contribution in [0.1, 0.15) is 33.7 Å². The van der Waals surface area contributed by atoms with Crippen LogP contribution < -0.4 is 5.32 Å². The predicted octanol–water partition coefficient (Wildman–Crippen LogP) is 4.57. The number of carbonyl (C=O) groups is 1. The van der Waals surface area contributed by atoms with Crippen LogP contribution in [0.3, 0.4) is 0 Å². The van der Waals surface area contributed by atoms with Crippen molar-refractivity contribution in [3.05, 3.63) is 93.7 Å². The van der Waals surface area contributed by atoms with Crippen molar-refractivity contribution in [2.75, 3.05) is 14.1 Å². The van der Waals surface area contributed by atoms with E-state index in [4.69, 9.17) is 0 Å². The van der Waals surface area contributed by atoms with E-state index in [-0.39, 0.29) is 11.9 Å². The molecule has 1 heterocycles. The Balaban J connectivity index is 1.99. The predicted molar refractivity (Wildman–Crippen MR) is 108 cm³/mol. The van der Waals surface area contributed by atoms with Crippen molar-refractivity contribution < 1.29 is 4.79 Å². The number of aryl methyl sites for hydroxylation is 1. The number of likely N-dealkylation sites (N-methyl/N-ethyl adjacent to an activating group) is 1. The maximum Gasteiger partial charge on any atom is 0.243 e. The number of nitrogens with zero attached hydrogens (tertiary/aromatic N) is 1. The summed E-state index contributed by atoms with van der Waals surface area (Å²) < 4.78 is 0. The van der Waals surface area contributed by atoms with Crippen LogP contribution in [0.25, 0.3) is 0 Å². The zero-order valence-corrected chi connectivity index (χ0v) is 16.2. The number of nitrogens with one attached hydrogen (secondary N) is 1. The molecular weight excluding hydrogens is 340 g/mol. The van der Waals surface area contributed by atoms with Gasteiger partial charge in [-0.25, -0.2) is 0 Å². The van der Waals surface area contributed by atoms with Gasteiger partial charge in [0, 0.05) is 19.0 Å². The standard InChI is InChI=1S/C22H24N2OS/c1-16-11-13-18(14-12-16)20(19-10-7-15-26-19)23-21(22(25)24(2)3)17-8-5-4-6-9-17/h4-15,20-21,23H,1-3H3/t20-,21-/m1/s1. The topological polar surface area (TPSA) is 32.3 Å². The molecule has 26 heavy (non-hydrogen) atoms. The van der Waals surface area contributed by atoms with Gasteiger partial charge < -0.3 is 4.90 Å². The van der Waals surface area contributed by atoms with Gasteiger partial charge in [-0.3, -0.25) is 10.1 Å². The average molecular weight is 365 g/mol. The summed E-state index contributed by atoms with van der Waals surface area (Å²) in [6, 6.07) is 22.1. The first-order chi connectivity index (χ1) is 12.6. The lowest BCUT2D eigenvalue weighted by molar-refractivity contribution is -0.131. The summed E-state index contributed by atoms with van der Waals surface area (Å²) >= 11 is 1.70. The van der Waals surface area contributed by atoms with Crippen LogP contribution in [0.4, 0.5) is 0 Å². The zero-order valence-electron chi connectivity index (χ0n) is 15.3. The van der Waals surface area contributed by atoms with E-state index < -0.39 is 6.04 Å². The fourth-order valence-corrected chi connectivity index (χ4v) is 3.75. The lowest BCUT2D eigenvalue weighted by Gasteiger charge is -2.27. The van der Waals surface area contributed by atoms with E-state index in [1.807, 2.05) is 36.4 Å². The zero-order chi connectivity index (χ0) is 18.5. The van der Waals surface area contributed by atoms with Crippen LogP contribution in [0.2, 0.25) is 0 Å². The van der Waals surface area contributed by atoms with E-state index >= 15 is 0 Å². The van der Waals surface area contributed by atoms with Crippen LogP contribution in [0, 0.1) is 6.92 Å². The molecule has 0 aliphatic carbocycles. The van der Waals surface area contributed by atoms with E-state index in [9.17, 15) is 4.79 Å². The van der Waals surface area contributed by atoms with Gasteiger partial charge in [-0.15, -0.1) is 11.3 Å². The molecule has 2 atom stereocenters. The molecule has 4 heteroatoms. The molecule has 3 aromatic rings. The Morgan fingerprint density at radius 2 is 1.62 bits per heavy atom. The molecule has 0 aliphatic rings. The van der Waals surface area contributed by atoms with Crippen LogP contribution in [-0.4, -0.2) is 24.9 Å². The largest absolute Gasteiger partial charge is 0.347 e. The number of hydrogen-bond acceptors (Lipinski definition) is 3. The lowest BCUT2D eigenvalue weighted by atomic mass is 9.99. The number of amides is 1. The summed E-state index contributed by atoms with van der Waals surface area (Å²) in [6.45, 7) is 2.08. The molecule has 1 aromatic heterocycles. The van der Waals surface area contributed by atoms with Gasteiger partial charge in [-0.1, -0.05) is 66.2 Å². The van der Waals surface area contributed by atoms with E-state index in [0.29, 0.717) is 0 Å². The highest BCUT2D eigenvalue weighted by Gasteiger charge is 2.27. The Bertz CT molecular complexity index is 826. The van der Waals surface area contributed by atoms with Crippen molar-refractivity contribution in [2.45, 2.75) is 19.0 Å². The van der Waals surface area contributed by atoms with E-state index in [2.05, 4.69) is 48.0 Å². The Labute approximate surface area is 159 Å². The quantitative estimate of drug-likeness (QED) is 0.695. The summed E-state index contributed by atoms with van der Waals surface area (Å²) in [6.07, 6.45) is 0. The molecule has 0 saturated carbocycles. The maximum absolute atomic E-state index is 12.9. The van der Waals surface area contributed by atoms with Gasteiger partial charge in [0.15, 0.2) is 0 Å². The SMILES string of the molecule is Cc1ccc([C@@H](N[C@@H](C(=O)N(C)C)c2ccccc2)c2cccs2)cc1. The Hall–Kier alpha value is -2.43. The lowest BCUT2D eigenvalue weighted by Crippen LogP contribution is -2.38. The molecule has 3 rings (SSSR count). The minimum atomic E-state index is -0.403. The van der Waals surface area contributed by atoms with Crippen molar-refractivity contribution in [1.29, 1.82) is 0 Å². The van der Waals surface area contributed by atoms with Crippen LogP contribution in [-0.2, 0) is 4.79 Å². The minimum Gasteiger partial charge on any atom is -0.347 e. The van der Waals surface area contributed by atoms with Crippen LogP contribution >= 0.6 is 11.3 Å². The Kier molecular flexibility index (Phi) is 5.86. The molecule has 3 nitrogen and oxygen atoms in total.